The number of nitrogens with zero attached hydrogens (tertiary/aromatic N) is 4. The first-order valence-electron chi connectivity index (χ1n) is 11.8. The Kier molecular flexibility index (Phi) is 7.37. The Balaban J connectivity index is 1.57. The van der Waals surface area contributed by atoms with Crippen LogP contribution in [-0.2, 0) is 6.54 Å². The van der Waals surface area contributed by atoms with Gasteiger partial charge in [-0.2, -0.15) is 0 Å². The first kappa shape index (κ1) is 25.1. The van der Waals surface area contributed by atoms with E-state index in [1.54, 1.807) is 20.4 Å². The molecule has 7 nitrogen and oxygen atoms in total. The second-order valence-electron chi connectivity index (χ2n) is 8.45. The van der Waals surface area contributed by atoms with Crippen LogP contribution in [0.1, 0.15) is 24.1 Å². The second kappa shape index (κ2) is 10.8. The van der Waals surface area contributed by atoms with Crippen molar-refractivity contribution in [3.63, 3.8) is 0 Å². The molecule has 0 saturated carbocycles. The Morgan fingerprint density at radius 3 is 2.03 bits per heavy atom. The number of aliphatic imine (C=N–C) groups is 1. The first-order chi connectivity index (χ1) is 18.0. The molecule has 37 heavy (non-hydrogen) atoms. The van der Waals surface area contributed by atoms with Crippen molar-refractivity contribution in [2.45, 2.75) is 19.4 Å². The fourth-order valence-electron chi connectivity index (χ4n) is 4.40. The molecule has 1 aliphatic heterocycles. The van der Waals surface area contributed by atoms with Gasteiger partial charge < -0.3 is 15.2 Å². The summed E-state index contributed by atoms with van der Waals surface area (Å²) < 4.78 is 11.0. The van der Waals surface area contributed by atoms with Gasteiger partial charge in [-0.3, -0.25) is 4.99 Å². The van der Waals surface area contributed by atoms with E-state index >= 15 is 0 Å². The largest absolute Gasteiger partial charge is 0.481 e. The number of nitrogens with two attached hydrogens (primary N) is 1. The van der Waals surface area contributed by atoms with Gasteiger partial charge in [-0.15, -0.1) is 0 Å². The number of halogens is 2. The summed E-state index contributed by atoms with van der Waals surface area (Å²) in [6.45, 7) is 1.13. The Morgan fingerprint density at radius 2 is 1.43 bits per heavy atom. The van der Waals surface area contributed by atoms with Crippen LogP contribution in [-0.4, -0.2) is 41.4 Å². The number of rotatable bonds is 7. The minimum Gasteiger partial charge on any atom is -0.481 e. The lowest BCUT2D eigenvalue weighted by atomic mass is 9.98. The standard InChI is InChI=1S/C28H25Cl2N5O2/c1-36-27-16(14-31)11-12-21(34-27)19-8-3-6-17(24(19)29)18-7-4-9-20(25(18)30)23-15-33-26(28(35-23)37-2)22-10-5-13-32-22/h3-4,6-9,11-12,15H,5,10,13-14,31H2,1-2H3. The molecular weight excluding hydrogens is 509 g/mol. The van der Waals surface area contributed by atoms with E-state index in [0.717, 1.165) is 52.9 Å². The molecule has 0 atom stereocenters. The average Bonchev–Trinajstić information content (AvgIpc) is 3.48. The van der Waals surface area contributed by atoms with E-state index < -0.39 is 0 Å². The number of pyridine rings is 1. The fourth-order valence-corrected chi connectivity index (χ4v) is 5.05. The van der Waals surface area contributed by atoms with Crippen LogP contribution in [0.25, 0.3) is 33.6 Å². The molecule has 3 heterocycles. The van der Waals surface area contributed by atoms with E-state index in [1.165, 1.54) is 0 Å². The van der Waals surface area contributed by atoms with Crippen LogP contribution in [0.2, 0.25) is 10.0 Å². The van der Waals surface area contributed by atoms with Crippen molar-refractivity contribution < 1.29 is 9.47 Å². The molecule has 0 saturated heterocycles. The summed E-state index contributed by atoms with van der Waals surface area (Å²) in [6.07, 6.45) is 3.58. The van der Waals surface area contributed by atoms with Crippen LogP contribution in [0.15, 0.2) is 59.7 Å². The van der Waals surface area contributed by atoms with Crippen molar-refractivity contribution in [2.75, 3.05) is 20.8 Å². The molecule has 9 heteroatoms. The van der Waals surface area contributed by atoms with Crippen molar-refractivity contribution in [3.8, 4) is 45.4 Å². The van der Waals surface area contributed by atoms with Crippen LogP contribution >= 0.6 is 23.2 Å². The van der Waals surface area contributed by atoms with Crippen molar-refractivity contribution in [3.05, 3.63) is 76.0 Å². The van der Waals surface area contributed by atoms with Crippen LogP contribution in [0.3, 0.4) is 0 Å². The number of methoxy groups -OCH3 is 2. The van der Waals surface area contributed by atoms with E-state index in [9.17, 15) is 0 Å². The van der Waals surface area contributed by atoms with Gasteiger partial charge in [0.25, 0.3) is 0 Å². The number of ether oxygens (including phenoxy) is 2. The Morgan fingerprint density at radius 1 is 0.811 bits per heavy atom. The highest BCUT2D eigenvalue weighted by Crippen LogP contribution is 2.42. The maximum absolute atomic E-state index is 6.96. The van der Waals surface area contributed by atoms with E-state index in [0.29, 0.717) is 45.4 Å². The molecule has 4 aromatic rings. The predicted octanol–water partition coefficient (Wildman–Crippen LogP) is 6.24. The van der Waals surface area contributed by atoms with Crippen molar-refractivity contribution in [1.29, 1.82) is 0 Å². The van der Waals surface area contributed by atoms with Gasteiger partial charge >= 0.3 is 0 Å². The van der Waals surface area contributed by atoms with Crippen molar-refractivity contribution >= 4 is 28.9 Å². The van der Waals surface area contributed by atoms with Gasteiger partial charge in [0.15, 0.2) is 0 Å². The van der Waals surface area contributed by atoms with Crippen LogP contribution in [0, 0.1) is 0 Å². The summed E-state index contributed by atoms with van der Waals surface area (Å²) in [4.78, 5) is 18.5. The van der Waals surface area contributed by atoms with Gasteiger partial charge in [0.2, 0.25) is 11.8 Å². The molecule has 2 N–H and O–H groups in total. The van der Waals surface area contributed by atoms with Crippen molar-refractivity contribution in [2.24, 2.45) is 10.7 Å². The zero-order chi connectivity index (χ0) is 25.9. The maximum Gasteiger partial charge on any atom is 0.242 e. The van der Waals surface area contributed by atoms with Gasteiger partial charge in [0, 0.05) is 40.9 Å². The Hall–Kier alpha value is -3.52. The molecular formula is C28H25Cl2N5O2. The molecule has 1 aliphatic rings. The SMILES string of the molecule is COc1nc(-c2cccc(-c3cccc(-c4cnc(C5=NCCC5)c(OC)n4)c3Cl)c2Cl)ccc1CN. The molecule has 0 unspecified atom stereocenters. The highest BCUT2D eigenvalue weighted by molar-refractivity contribution is 6.39. The number of hydrogen-bond donors (Lipinski definition) is 1. The summed E-state index contributed by atoms with van der Waals surface area (Å²) in [5, 5.41) is 1.03. The van der Waals surface area contributed by atoms with Crippen LogP contribution in [0.5, 0.6) is 11.8 Å². The summed E-state index contributed by atoms with van der Waals surface area (Å²) in [5.41, 5.74) is 12.5. The summed E-state index contributed by atoms with van der Waals surface area (Å²) in [6, 6.07) is 15.3. The second-order valence-corrected chi connectivity index (χ2v) is 9.20. The first-order valence-corrected chi connectivity index (χ1v) is 12.6. The Labute approximate surface area is 225 Å². The van der Waals surface area contributed by atoms with E-state index in [-0.39, 0.29) is 0 Å². The molecule has 5 rings (SSSR count). The molecule has 0 fully saturated rings. The lowest BCUT2D eigenvalue weighted by molar-refractivity contribution is 0.393. The van der Waals surface area contributed by atoms with E-state index in [1.807, 2.05) is 48.5 Å². The molecule has 0 bridgehead atoms. The zero-order valence-electron chi connectivity index (χ0n) is 20.5. The highest BCUT2D eigenvalue weighted by Gasteiger charge is 2.21. The van der Waals surface area contributed by atoms with Gasteiger partial charge in [-0.25, -0.2) is 15.0 Å². The quantitative estimate of drug-likeness (QED) is 0.302. The minimum absolute atomic E-state index is 0.329. The summed E-state index contributed by atoms with van der Waals surface area (Å²) in [5.74, 6) is 0.904. The highest BCUT2D eigenvalue weighted by atomic mass is 35.5. The molecule has 0 amide bonds. The maximum atomic E-state index is 6.96. The van der Waals surface area contributed by atoms with Gasteiger partial charge in [-0.1, -0.05) is 65.7 Å². The fraction of sp³-hybridized carbons (Fsp3) is 0.214. The third-order valence-electron chi connectivity index (χ3n) is 6.27. The van der Waals surface area contributed by atoms with Crippen LogP contribution in [0.4, 0.5) is 0 Å². The van der Waals surface area contributed by atoms with Gasteiger partial charge in [0.05, 0.1) is 47.6 Å². The van der Waals surface area contributed by atoms with E-state index in [2.05, 4.69) is 15.0 Å². The molecule has 0 radical (unpaired) electrons. The third-order valence-corrected chi connectivity index (χ3v) is 7.09. The number of benzene rings is 2. The summed E-state index contributed by atoms with van der Waals surface area (Å²) >= 11 is 13.9. The molecule has 2 aromatic heterocycles. The number of hydrogen-bond acceptors (Lipinski definition) is 7. The topological polar surface area (TPSA) is 95.5 Å². The van der Waals surface area contributed by atoms with Crippen molar-refractivity contribution in [1.82, 2.24) is 15.0 Å². The molecule has 0 aliphatic carbocycles. The summed E-state index contributed by atoms with van der Waals surface area (Å²) in [7, 11) is 3.15. The smallest absolute Gasteiger partial charge is 0.242 e. The molecule has 2 aromatic carbocycles. The average molecular weight is 534 g/mol. The Bertz CT molecular complexity index is 1510. The normalized spacial score (nSPS) is 12.9. The monoisotopic (exact) mass is 533 g/mol. The van der Waals surface area contributed by atoms with Crippen LogP contribution < -0.4 is 15.2 Å². The predicted molar refractivity (Wildman–Crippen MR) is 148 cm³/mol. The van der Waals surface area contributed by atoms with Gasteiger partial charge in [0.1, 0.15) is 5.69 Å². The molecule has 188 valence electrons. The third kappa shape index (κ3) is 4.78. The lowest BCUT2D eigenvalue weighted by Crippen LogP contribution is -2.06. The van der Waals surface area contributed by atoms with Gasteiger partial charge in [-0.05, 0) is 18.9 Å². The molecule has 0 spiro atoms. The zero-order valence-corrected chi connectivity index (χ0v) is 22.0. The lowest BCUT2D eigenvalue weighted by Gasteiger charge is -2.15. The van der Waals surface area contributed by atoms with E-state index in [4.69, 9.17) is 43.4 Å². The number of aromatic nitrogens is 3. The minimum atomic E-state index is 0.329.